The molecule has 0 aliphatic heterocycles. The molecule has 1 amide bonds. The number of halogens is 2. The first-order chi connectivity index (χ1) is 7.90. The molecular weight excluding hydrogens is 267 g/mol. The van der Waals surface area contributed by atoms with Gasteiger partial charge in [0, 0.05) is 0 Å². The lowest BCUT2D eigenvalue weighted by Gasteiger charge is -2.05. The second-order valence-corrected chi connectivity index (χ2v) is 3.92. The van der Waals surface area contributed by atoms with Crippen LogP contribution in [0.1, 0.15) is 5.56 Å². The first kappa shape index (κ1) is 13.4. The van der Waals surface area contributed by atoms with Gasteiger partial charge in [0.1, 0.15) is 0 Å². The number of aliphatic imine (C=N–C) groups is 1. The third-order valence-electron chi connectivity index (χ3n) is 1.81. The van der Waals surface area contributed by atoms with Gasteiger partial charge in [0.05, 0.1) is 22.3 Å². The molecule has 1 rings (SSSR count). The Labute approximate surface area is 107 Å². The van der Waals surface area contributed by atoms with E-state index >= 15 is 0 Å². The maximum atomic E-state index is 10.2. The lowest BCUT2D eigenvalue weighted by atomic mass is 10.2. The van der Waals surface area contributed by atoms with E-state index in [-0.39, 0.29) is 18.2 Å². The molecule has 0 saturated carbocycles. The molecule has 0 spiro atoms. The summed E-state index contributed by atoms with van der Waals surface area (Å²) in [5.41, 5.74) is 11.8. The molecule has 0 fully saturated rings. The third-order valence-corrected chi connectivity index (χ3v) is 2.43. The molecule has 0 aliphatic rings. The number of nitrogen functional groups attached to an aromatic ring is 1. The summed E-state index contributed by atoms with van der Waals surface area (Å²) in [6, 6.07) is 3.17. The van der Waals surface area contributed by atoms with Crippen LogP contribution in [0, 0.1) is 0 Å². The molecule has 6 nitrogen and oxygen atoms in total. The molecule has 0 aromatic heterocycles. The van der Waals surface area contributed by atoms with Crippen molar-refractivity contribution < 1.29 is 9.90 Å². The van der Waals surface area contributed by atoms with Gasteiger partial charge in [-0.15, -0.1) is 0 Å². The first-order valence-electron chi connectivity index (χ1n) is 4.43. The molecule has 1 aromatic rings. The Morgan fingerprint density at radius 2 is 1.94 bits per heavy atom. The van der Waals surface area contributed by atoms with Gasteiger partial charge in [0.15, 0.2) is 5.96 Å². The molecule has 1 aromatic carbocycles. The van der Waals surface area contributed by atoms with Crippen molar-refractivity contribution in [3.05, 3.63) is 27.7 Å². The minimum atomic E-state index is -1.28. The Hall–Kier alpha value is -1.66. The van der Waals surface area contributed by atoms with Crippen molar-refractivity contribution in [1.29, 1.82) is 0 Å². The highest BCUT2D eigenvalue weighted by Crippen LogP contribution is 2.28. The minimum absolute atomic E-state index is 0.145. The summed E-state index contributed by atoms with van der Waals surface area (Å²) in [6.45, 7) is 0.145. The number of nitrogens with one attached hydrogen (secondary N) is 1. The molecule has 8 heteroatoms. The molecule has 17 heavy (non-hydrogen) atoms. The van der Waals surface area contributed by atoms with Crippen molar-refractivity contribution in [2.24, 2.45) is 10.7 Å². The number of nitrogens with two attached hydrogens (primary N) is 2. The van der Waals surface area contributed by atoms with E-state index in [1.807, 2.05) is 5.32 Å². The molecule has 0 aliphatic carbocycles. The van der Waals surface area contributed by atoms with Gasteiger partial charge in [0.2, 0.25) is 0 Å². The van der Waals surface area contributed by atoms with Crippen LogP contribution in [0.15, 0.2) is 17.1 Å². The monoisotopic (exact) mass is 276 g/mol. The summed E-state index contributed by atoms with van der Waals surface area (Å²) in [5, 5.41) is 10.9. The van der Waals surface area contributed by atoms with Crippen LogP contribution < -0.4 is 16.8 Å². The van der Waals surface area contributed by atoms with Crippen LogP contribution >= 0.6 is 23.2 Å². The first-order valence-corrected chi connectivity index (χ1v) is 5.19. The summed E-state index contributed by atoms with van der Waals surface area (Å²) < 4.78 is 0. The minimum Gasteiger partial charge on any atom is -0.465 e. The van der Waals surface area contributed by atoms with Gasteiger partial charge in [-0.1, -0.05) is 23.2 Å². The molecule has 0 atom stereocenters. The molecular formula is C9H10Cl2N4O2. The van der Waals surface area contributed by atoms with Gasteiger partial charge in [-0.25, -0.2) is 9.79 Å². The van der Waals surface area contributed by atoms with Crippen molar-refractivity contribution in [3.8, 4) is 0 Å². The van der Waals surface area contributed by atoms with Crippen LogP contribution in [0.2, 0.25) is 10.0 Å². The Balaban J connectivity index is 2.79. The fraction of sp³-hybridized carbons (Fsp3) is 0.111. The highest BCUT2D eigenvalue weighted by molar-refractivity contribution is 6.38. The fourth-order valence-corrected chi connectivity index (χ4v) is 1.59. The summed E-state index contributed by atoms with van der Waals surface area (Å²) in [4.78, 5) is 14.0. The summed E-state index contributed by atoms with van der Waals surface area (Å²) >= 11 is 11.6. The number of guanidine groups is 1. The van der Waals surface area contributed by atoms with Crippen LogP contribution in [-0.2, 0) is 6.54 Å². The molecule has 0 bridgehead atoms. The number of rotatable bonds is 2. The van der Waals surface area contributed by atoms with Crippen molar-refractivity contribution in [2.75, 3.05) is 5.73 Å². The van der Waals surface area contributed by atoms with Gasteiger partial charge in [-0.05, 0) is 17.7 Å². The van der Waals surface area contributed by atoms with E-state index in [0.717, 1.165) is 0 Å². The van der Waals surface area contributed by atoms with Crippen molar-refractivity contribution in [1.82, 2.24) is 5.32 Å². The Kier molecular flexibility index (Phi) is 4.42. The molecule has 0 heterocycles. The van der Waals surface area contributed by atoms with E-state index in [0.29, 0.717) is 15.6 Å². The van der Waals surface area contributed by atoms with E-state index in [4.69, 9.17) is 39.8 Å². The Morgan fingerprint density at radius 1 is 1.41 bits per heavy atom. The number of anilines is 1. The standard InChI is InChI=1S/C9H10Cl2N4O2/c10-5-1-4(2-6(11)7(5)12)3-14-8(13)15-9(16)17/h1-2H,3,12H2,(H,16,17)(H3,13,14,15). The Morgan fingerprint density at radius 3 is 2.41 bits per heavy atom. The second kappa shape index (κ2) is 5.60. The van der Waals surface area contributed by atoms with E-state index in [2.05, 4.69) is 4.99 Å². The number of benzene rings is 1. The van der Waals surface area contributed by atoms with E-state index in [9.17, 15) is 4.79 Å². The van der Waals surface area contributed by atoms with Gasteiger partial charge < -0.3 is 16.6 Å². The van der Waals surface area contributed by atoms with Crippen molar-refractivity contribution >= 4 is 40.9 Å². The van der Waals surface area contributed by atoms with Crippen LogP contribution in [0.25, 0.3) is 0 Å². The largest absolute Gasteiger partial charge is 0.465 e. The Bertz CT molecular complexity index is 453. The predicted molar refractivity (Wildman–Crippen MR) is 67.4 cm³/mol. The lowest BCUT2D eigenvalue weighted by Crippen LogP contribution is -2.35. The zero-order valence-corrected chi connectivity index (χ0v) is 10.1. The second-order valence-electron chi connectivity index (χ2n) is 3.10. The molecule has 0 saturated heterocycles. The average Bonchev–Trinajstić information content (AvgIpc) is 2.22. The molecule has 0 unspecified atom stereocenters. The van der Waals surface area contributed by atoms with Crippen LogP contribution in [0.5, 0.6) is 0 Å². The van der Waals surface area contributed by atoms with Crippen LogP contribution in [0.4, 0.5) is 10.5 Å². The fourth-order valence-electron chi connectivity index (χ4n) is 1.05. The summed E-state index contributed by atoms with van der Waals surface area (Å²) in [5.74, 6) is -0.207. The average molecular weight is 277 g/mol. The smallest absolute Gasteiger partial charge is 0.411 e. The zero-order valence-electron chi connectivity index (χ0n) is 8.58. The van der Waals surface area contributed by atoms with Crippen molar-refractivity contribution in [3.63, 3.8) is 0 Å². The summed E-state index contributed by atoms with van der Waals surface area (Å²) in [7, 11) is 0. The van der Waals surface area contributed by atoms with Gasteiger partial charge in [0.25, 0.3) is 0 Å². The van der Waals surface area contributed by atoms with E-state index < -0.39 is 6.09 Å². The van der Waals surface area contributed by atoms with Gasteiger partial charge in [-0.3, -0.25) is 5.32 Å². The van der Waals surface area contributed by atoms with Crippen LogP contribution in [-0.4, -0.2) is 17.2 Å². The number of carbonyl (C=O) groups is 1. The van der Waals surface area contributed by atoms with E-state index in [1.54, 1.807) is 12.1 Å². The lowest BCUT2D eigenvalue weighted by molar-refractivity contribution is 0.200. The predicted octanol–water partition coefficient (Wildman–Crippen LogP) is 1.66. The summed E-state index contributed by atoms with van der Waals surface area (Å²) in [6.07, 6.45) is -1.28. The number of hydrogen-bond donors (Lipinski definition) is 4. The third kappa shape index (κ3) is 4.01. The molecule has 6 N–H and O–H groups in total. The molecule has 92 valence electrons. The SMILES string of the molecule is NC(=NCc1cc(Cl)c(N)c(Cl)c1)NC(=O)O. The normalized spacial score (nSPS) is 11.3. The number of hydrogen-bond acceptors (Lipinski definition) is 3. The van der Waals surface area contributed by atoms with Gasteiger partial charge >= 0.3 is 6.09 Å². The van der Waals surface area contributed by atoms with Crippen LogP contribution in [0.3, 0.4) is 0 Å². The van der Waals surface area contributed by atoms with Crippen molar-refractivity contribution in [2.45, 2.75) is 6.54 Å². The maximum absolute atomic E-state index is 10.2. The maximum Gasteiger partial charge on any atom is 0.411 e. The van der Waals surface area contributed by atoms with E-state index in [1.165, 1.54) is 0 Å². The quantitative estimate of drug-likeness (QED) is 0.374. The zero-order chi connectivity index (χ0) is 13.0. The molecule has 0 radical (unpaired) electrons. The number of nitrogens with zero attached hydrogens (tertiary/aromatic N) is 1. The van der Waals surface area contributed by atoms with Gasteiger partial charge in [-0.2, -0.15) is 0 Å². The highest BCUT2D eigenvalue weighted by Gasteiger charge is 2.05. The highest BCUT2D eigenvalue weighted by atomic mass is 35.5. The topological polar surface area (TPSA) is 114 Å². The number of amides is 1. The number of carboxylic acid groups (broad SMARTS) is 1.